The number of fused-ring (bicyclic) bond motifs is 1. The normalized spacial score (nSPS) is 12.2. The van der Waals surface area contributed by atoms with Crippen molar-refractivity contribution in [2.24, 2.45) is 0 Å². The van der Waals surface area contributed by atoms with Crippen molar-refractivity contribution in [1.82, 2.24) is 9.97 Å². The van der Waals surface area contributed by atoms with Crippen molar-refractivity contribution in [3.05, 3.63) is 59.9 Å². The average Bonchev–Trinajstić information content (AvgIpc) is 2.64. The van der Waals surface area contributed by atoms with E-state index in [1.807, 2.05) is 0 Å². The standard InChI is InChI=1S/C18H11F6N3OS/c19-17(20,21)10-5-11(18(22,23)24)7-12(6-10)27-15(28)8-29-16-13-3-1-2-4-14(13)25-9-26-16/h1-7,9H,8H2,(H,27,28). The summed E-state index contributed by atoms with van der Waals surface area (Å²) in [5, 5.41) is 3.22. The van der Waals surface area contributed by atoms with E-state index in [-0.39, 0.29) is 11.8 Å². The minimum Gasteiger partial charge on any atom is -0.325 e. The molecule has 0 atom stereocenters. The van der Waals surface area contributed by atoms with Crippen LogP contribution in [0.25, 0.3) is 10.9 Å². The van der Waals surface area contributed by atoms with Gasteiger partial charge in [-0.2, -0.15) is 26.3 Å². The third kappa shape index (κ3) is 5.17. The van der Waals surface area contributed by atoms with Crippen LogP contribution in [-0.2, 0) is 17.1 Å². The van der Waals surface area contributed by atoms with E-state index in [0.29, 0.717) is 28.1 Å². The summed E-state index contributed by atoms with van der Waals surface area (Å²) in [4.78, 5) is 20.2. The van der Waals surface area contributed by atoms with Crippen molar-refractivity contribution >= 4 is 34.3 Å². The highest BCUT2D eigenvalue weighted by Gasteiger charge is 2.37. The van der Waals surface area contributed by atoms with Crippen LogP contribution >= 0.6 is 11.8 Å². The van der Waals surface area contributed by atoms with Gasteiger partial charge in [-0.3, -0.25) is 4.79 Å². The van der Waals surface area contributed by atoms with Crippen molar-refractivity contribution in [2.45, 2.75) is 17.4 Å². The number of thioether (sulfide) groups is 1. The molecule has 0 spiro atoms. The van der Waals surface area contributed by atoms with Crippen molar-refractivity contribution in [3.8, 4) is 0 Å². The molecule has 0 aliphatic rings. The molecular weight excluding hydrogens is 420 g/mol. The molecule has 152 valence electrons. The van der Waals surface area contributed by atoms with Crippen LogP contribution < -0.4 is 5.32 Å². The van der Waals surface area contributed by atoms with Gasteiger partial charge in [-0.1, -0.05) is 30.0 Å². The summed E-state index contributed by atoms with van der Waals surface area (Å²) in [5.41, 5.74) is -2.96. The number of amides is 1. The van der Waals surface area contributed by atoms with Gasteiger partial charge >= 0.3 is 12.4 Å². The van der Waals surface area contributed by atoms with E-state index in [0.717, 1.165) is 11.8 Å². The summed E-state index contributed by atoms with van der Waals surface area (Å²) >= 11 is 0.989. The molecule has 0 saturated heterocycles. The molecule has 3 rings (SSSR count). The lowest BCUT2D eigenvalue weighted by Gasteiger charge is -2.14. The number of carbonyl (C=O) groups is 1. The fourth-order valence-electron chi connectivity index (χ4n) is 2.45. The molecule has 0 fully saturated rings. The number of halogens is 6. The van der Waals surface area contributed by atoms with Crippen LogP contribution in [0.3, 0.4) is 0 Å². The second-order valence-electron chi connectivity index (χ2n) is 5.83. The second kappa shape index (κ2) is 7.90. The van der Waals surface area contributed by atoms with E-state index in [4.69, 9.17) is 0 Å². The van der Waals surface area contributed by atoms with Gasteiger partial charge in [0.15, 0.2) is 0 Å². The first-order chi connectivity index (χ1) is 13.5. The Balaban J connectivity index is 1.78. The Morgan fingerprint density at radius 2 is 1.55 bits per heavy atom. The van der Waals surface area contributed by atoms with Crippen molar-refractivity contribution in [2.75, 3.05) is 11.1 Å². The molecule has 0 saturated carbocycles. The van der Waals surface area contributed by atoms with Gasteiger partial charge in [0.1, 0.15) is 11.4 Å². The molecule has 1 amide bonds. The monoisotopic (exact) mass is 431 g/mol. The summed E-state index contributed by atoms with van der Waals surface area (Å²) in [6.07, 6.45) is -8.68. The fourth-order valence-corrected chi connectivity index (χ4v) is 3.24. The predicted octanol–water partition coefficient (Wildman–Crippen LogP) is 5.40. The van der Waals surface area contributed by atoms with Crippen molar-refractivity contribution in [1.29, 1.82) is 0 Å². The number of nitrogens with one attached hydrogen (secondary N) is 1. The van der Waals surface area contributed by atoms with Crippen LogP contribution in [0, 0.1) is 0 Å². The quantitative estimate of drug-likeness (QED) is 0.342. The Morgan fingerprint density at radius 1 is 0.931 bits per heavy atom. The van der Waals surface area contributed by atoms with Gasteiger partial charge < -0.3 is 5.32 Å². The van der Waals surface area contributed by atoms with Crippen LogP contribution in [0.15, 0.2) is 53.8 Å². The van der Waals surface area contributed by atoms with Crippen LogP contribution in [0.2, 0.25) is 0 Å². The Kier molecular flexibility index (Phi) is 5.69. The second-order valence-corrected chi connectivity index (χ2v) is 6.79. The highest BCUT2D eigenvalue weighted by molar-refractivity contribution is 8.00. The summed E-state index contributed by atoms with van der Waals surface area (Å²) < 4.78 is 77.4. The maximum atomic E-state index is 12.9. The van der Waals surface area contributed by atoms with Crippen LogP contribution in [0.4, 0.5) is 32.0 Å². The summed E-state index contributed by atoms with van der Waals surface area (Å²) in [6.45, 7) is 0. The van der Waals surface area contributed by atoms with E-state index in [1.54, 1.807) is 24.3 Å². The van der Waals surface area contributed by atoms with Gasteiger partial charge in [-0.25, -0.2) is 9.97 Å². The summed E-state index contributed by atoms with van der Waals surface area (Å²) in [7, 11) is 0. The highest BCUT2D eigenvalue weighted by atomic mass is 32.2. The summed E-state index contributed by atoms with van der Waals surface area (Å²) in [5.74, 6) is -1.04. The Hall–Kier alpha value is -2.82. The molecule has 0 unspecified atom stereocenters. The Labute approximate surface area is 164 Å². The molecule has 11 heteroatoms. The molecule has 2 aromatic carbocycles. The van der Waals surface area contributed by atoms with Gasteiger partial charge in [-0.05, 0) is 24.3 Å². The van der Waals surface area contributed by atoms with E-state index in [2.05, 4.69) is 15.3 Å². The molecule has 4 nitrogen and oxygen atoms in total. The minimum absolute atomic E-state index is 0.00255. The molecule has 0 aliphatic heterocycles. The van der Waals surface area contributed by atoms with Crippen LogP contribution in [0.1, 0.15) is 11.1 Å². The molecule has 29 heavy (non-hydrogen) atoms. The van der Waals surface area contributed by atoms with Gasteiger partial charge in [0, 0.05) is 11.1 Å². The van der Waals surface area contributed by atoms with Crippen LogP contribution in [-0.4, -0.2) is 21.6 Å². The fraction of sp³-hybridized carbons (Fsp3) is 0.167. The van der Waals surface area contributed by atoms with E-state index in [9.17, 15) is 31.1 Å². The van der Waals surface area contributed by atoms with Gasteiger partial charge in [0.2, 0.25) is 5.91 Å². The number of nitrogens with zero attached hydrogens (tertiary/aromatic N) is 2. The van der Waals surface area contributed by atoms with Crippen molar-refractivity contribution < 1.29 is 31.1 Å². The molecule has 0 aliphatic carbocycles. The van der Waals surface area contributed by atoms with E-state index >= 15 is 0 Å². The largest absolute Gasteiger partial charge is 0.416 e. The first-order valence-corrected chi connectivity index (χ1v) is 8.94. The number of benzene rings is 2. The van der Waals surface area contributed by atoms with Gasteiger partial charge in [-0.15, -0.1) is 0 Å². The zero-order chi connectivity index (χ0) is 21.2. The number of anilines is 1. The average molecular weight is 431 g/mol. The highest BCUT2D eigenvalue weighted by Crippen LogP contribution is 2.37. The van der Waals surface area contributed by atoms with Crippen molar-refractivity contribution in [3.63, 3.8) is 0 Å². The Morgan fingerprint density at radius 3 is 2.17 bits per heavy atom. The number of rotatable bonds is 4. The number of aromatic nitrogens is 2. The number of hydrogen-bond acceptors (Lipinski definition) is 4. The zero-order valence-corrected chi connectivity index (χ0v) is 15.1. The topological polar surface area (TPSA) is 54.9 Å². The van der Waals surface area contributed by atoms with Crippen LogP contribution in [0.5, 0.6) is 0 Å². The SMILES string of the molecule is O=C(CSc1ncnc2ccccc12)Nc1cc(C(F)(F)F)cc(C(F)(F)F)c1. The molecule has 1 aromatic heterocycles. The number of hydrogen-bond donors (Lipinski definition) is 1. The summed E-state index contributed by atoms with van der Waals surface area (Å²) in [6, 6.07) is 7.90. The maximum absolute atomic E-state index is 12.9. The van der Waals surface area contributed by atoms with Gasteiger partial charge in [0.25, 0.3) is 0 Å². The lowest BCUT2D eigenvalue weighted by atomic mass is 10.1. The first-order valence-electron chi connectivity index (χ1n) is 7.96. The molecular formula is C18H11F6N3OS. The van der Waals surface area contributed by atoms with E-state index in [1.165, 1.54) is 6.33 Å². The molecule has 1 heterocycles. The zero-order valence-electron chi connectivity index (χ0n) is 14.3. The molecule has 0 radical (unpaired) electrons. The lowest BCUT2D eigenvalue weighted by Crippen LogP contribution is -2.17. The number of carbonyl (C=O) groups excluding carboxylic acids is 1. The number of alkyl halides is 6. The Bertz CT molecular complexity index is 1010. The number of para-hydroxylation sites is 1. The molecule has 0 bridgehead atoms. The molecule has 1 N–H and O–H groups in total. The maximum Gasteiger partial charge on any atom is 0.416 e. The van der Waals surface area contributed by atoms with E-state index < -0.39 is 35.1 Å². The third-order valence-electron chi connectivity index (χ3n) is 3.72. The predicted molar refractivity (Wildman–Crippen MR) is 95.3 cm³/mol. The smallest absolute Gasteiger partial charge is 0.325 e. The first kappa shape index (κ1) is 20.9. The molecule has 3 aromatic rings. The van der Waals surface area contributed by atoms with Gasteiger partial charge in [0.05, 0.1) is 22.4 Å². The third-order valence-corrected chi connectivity index (χ3v) is 4.72. The minimum atomic E-state index is -4.99. The lowest BCUT2D eigenvalue weighted by molar-refractivity contribution is -0.143.